The summed E-state index contributed by atoms with van der Waals surface area (Å²) in [7, 11) is 0. The van der Waals surface area contributed by atoms with E-state index >= 15 is 0 Å². The number of nitrogens with zero attached hydrogens (tertiary/aromatic N) is 5. The predicted octanol–water partition coefficient (Wildman–Crippen LogP) is 4.77. The second kappa shape index (κ2) is 8.97. The second-order valence-corrected chi connectivity index (χ2v) is 9.57. The van der Waals surface area contributed by atoms with Gasteiger partial charge in [0.2, 0.25) is 16.9 Å². The molecular formula is C20H19ClN6O2S2. The first-order valence-corrected chi connectivity index (χ1v) is 12.2. The van der Waals surface area contributed by atoms with Gasteiger partial charge in [-0.05, 0) is 61.7 Å². The molecule has 4 aromatic rings. The van der Waals surface area contributed by atoms with Gasteiger partial charge in [0.15, 0.2) is 10.8 Å². The zero-order chi connectivity index (χ0) is 21.2. The average Bonchev–Trinajstić information content (AvgIpc) is 3.37. The summed E-state index contributed by atoms with van der Waals surface area (Å²) in [6, 6.07) is 9.62. The Hall–Kier alpha value is -2.43. The van der Waals surface area contributed by atoms with Gasteiger partial charge < -0.3 is 10.1 Å². The topological polar surface area (TPSA) is 94.3 Å². The molecule has 1 aliphatic rings. The SMILES string of the molecule is O=C(CCl)Nc1nc2ccc(Sc3nnc4ccc(OC5CCCCC5)nn34)cc2s1. The van der Waals surface area contributed by atoms with E-state index in [1.165, 1.54) is 42.4 Å². The van der Waals surface area contributed by atoms with Crippen molar-refractivity contribution in [2.24, 2.45) is 0 Å². The molecule has 3 heterocycles. The molecule has 0 atom stereocenters. The van der Waals surface area contributed by atoms with Gasteiger partial charge in [-0.25, -0.2) is 4.98 Å². The van der Waals surface area contributed by atoms with Gasteiger partial charge in [0.25, 0.3) is 0 Å². The molecule has 3 aromatic heterocycles. The molecule has 0 radical (unpaired) electrons. The third-order valence-corrected chi connectivity index (χ3v) is 7.09. The lowest BCUT2D eigenvalue weighted by atomic mass is 9.98. The molecule has 1 N–H and O–H groups in total. The first kappa shape index (κ1) is 20.5. The number of alkyl halides is 1. The van der Waals surface area contributed by atoms with Crippen LogP contribution in [0, 0.1) is 0 Å². The maximum Gasteiger partial charge on any atom is 0.241 e. The van der Waals surface area contributed by atoms with Crippen LogP contribution in [0.25, 0.3) is 15.9 Å². The number of thiazole rings is 1. The summed E-state index contributed by atoms with van der Waals surface area (Å²) in [4.78, 5) is 16.9. The van der Waals surface area contributed by atoms with Gasteiger partial charge in [0.05, 0.1) is 10.2 Å². The largest absolute Gasteiger partial charge is 0.473 e. The molecule has 11 heteroatoms. The third kappa shape index (κ3) is 4.60. The molecule has 0 aliphatic heterocycles. The summed E-state index contributed by atoms with van der Waals surface area (Å²) in [5.74, 6) is 0.220. The minimum Gasteiger partial charge on any atom is -0.473 e. The van der Waals surface area contributed by atoms with E-state index in [0.717, 1.165) is 28.0 Å². The van der Waals surface area contributed by atoms with Gasteiger partial charge in [0.1, 0.15) is 12.0 Å². The molecule has 8 nitrogen and oxygen atoms in total. The summed E-state index contributed by atoms with van der Waals surface area (Å²) < 4.78 is 8.76. The maximum atomic E-state index is 11.5. The summed E-state index contributed by atoms with van der Waals surface area (Å²) in [5, 5.41) is 17.0. The van der Waals surface area contributed by atoms with Crippen LogP contribution in [0.4, 0.5) is 5.13 Å². The lowest BCUT2D eigenvalue weighted by Gasteiger charge is -2.22. The normalized spacial score (nSPS) is 14.9. The van der Waals surface area contributed by atoms with Crippen molar-refractivity contribution < 1.29 is 9.53 Å². The van der Waals surface area contributed by atoms with E-state index in [4.69, 9.17) is 16.3 Å². The molecule has 0 bridgehead atoms. The second-order valence-electron chi connectivity index (χ2n) is 7.23. The van der Waals surface area contributed by atoms with Gasteiger partial charge in [-0.1, -0.05) is 17.8 Å². The maximum absolute atomic E-state index is 11.5. The lowest BCUT2D eigenvalue weighted by Crippen LogP contribution is -2.20. The Bertz CT molecular complexity index is 1240. The van der Waals surface area contributed by atoms with Crippen LogP contribution in [-0.4, -0.2) is 42.7 Å². The van der Waals surface area contributed by atoms with Crippen molar-refractivity contribution in [3.63, 3.8) is 0 Å². The fourth-order valence-corrected chi connectivity index (χ4v) is 5.40. The van der Waals surface area contributed by atoms with Crippen molar-refractivity contribution in [1.29, 1.82) is 0 Å². The molecular weight excluding hydrogens is 456 g/mol. The van der Waals surface area contributed by atoms with Crippen molar-refractivity contribution in [1.82, 2.24) is 24.8 Å². The first-order chi connectivity index (χ1) is 15.2. The number of carbonyl (C=O) groups excluding carboxylic acids is 1. The highest BCUT2D eigenvalue weighted by Gasteiger charge is 2.17. The third-order valence-electron chi connectivity index (χ3n) is 4.99. The number of ether oxygens (including phenoxy) is 1. The van der Waals surface area contributed by atoms with Crippen LogP contribution >= 0.6 is 34.7 Å². The minimum absolute atomic E-state index is 0.101. The van der Waals surface area contributed by atoms with E-state index in [0.29, 0.717) is 21.8 Å². The molecule has 160 valence electrons. The minimum atomic E-state index is -0.275. The number of halogens is 1. The van der Waals surface area contributed by atoms with E-state index < -0.39 is 0 Å². The van der Waals surface area contributed by atoms with E-state index in [-0.39, 0.29) is 17.9 Å². The van der Waals surface area contributed by atoms with Gasteiger partial charge in [0, 0.05) is 11.0 Å². The number of amides is 1. The van der Waals surface area contributed by atoms with E-state index in [1.54, 1.807) is 4.52 Å². The number of rotatable bonds is 6. The lowest BCUT2D eigenvalue weighted by molar-refractivity contribution is -0.113. The molecule has 5 rings (SSSR count). The highest BCUT2D eigenvalue weighted by Crippen LogP contribution is 2.33. The highest BCUT2D eigenvalue weighted by atomic mass is 35.5. The molecule has 1 aromatic carbocycles. The summed E-state index contributed by atoms with van der Waals surface area (Å²) in [6.45, 7) is 0. The molecule has 0 unspecified atom stereocenters. The van der Waals surface area contributed by atoms with Crippen LogP contribution in [0.3, 0.4) is 0 Å². The van der Waals surface area contributed by atoms with Gasteiger partial charge in [-0.3, -0.25) is 4.79 Å². The number of hydrogen-bond donors (Lipinski definition) is 1. The van der Waals surface area contributed by atoms with Crippen LogP contribution in [0.15, 0.2) is 40.4 Å². The standard InChI is InChI=1S/C20H19ClN6O2S2/c21-11-17(28)23-19-22-14-7-6-13(10-15(14)31-19)30-20-25-24-16-8-9-18(26-27(16)20)29-12-4-2-1-3-5-12/h6-10,12H,1-5,11H2,(H,22,23,28). The number of hydrogen-bond acceptors (Lipinski definition) is 8. The van der Waals surface area contributed by atoms with Crippen LogP contribution in [0.2, 0.25) is 0 Å². The average molecular weight is 475 g/mol. The van der Waals surface area contributed by atoms with E-state index in [9.17, 15) is 4.79 Å². The summed E-state index contributed by atoms with van der Waals surface area (Å²) >= 11 is 8.41. The molecule has 1 amide bonds. The van der Waals surface area contributed by atoms with Crippen LogP contribution in [0.5, 0.6) is 5.88 Å². The van der Waals surface area contributed by atoms with Gasteiger partial charge >= 0.3 is 0 Å². The van der Waals surface area contributed by atoms with Crippen molar-refractivity contribution in [2.45, 2.75) is 48.3 Å². The van der Waals surface area contributed by atoms with Crippen molar-refractivity contribution in [3.8, 4) is 5.88 Å². The van der Waals surface area contributed by atoms with Gasteiger partial charge in [-0.15, -0.1) is 26.9 Å². The fourth-order valence-electron chi connectivity index (χ4n) is 3.51. The Kier molecular flexibility index (Phi) is 5.93. The molecule has 1 fully saturated rings. The Morgan fingerprint density at radius 1 is 1.23 bits per heavy atom. The monoisotopic (exact) mass is 474 g/mol. The molecule has 0 spiro atoms. The Morgan fingerprint density at radius 2 is 2.10 bits per heavy atom. The Morgan fingerprint density at radius 3 is 2.94 bits per heavy atom. The molecule has 0 saturated heterocycles. The summed E-state index contributed by atoms with van der Waals surface area (Å²) in [5.41, 5.74) is 1.48. The molecule has 31 heavy (non-hydrogen) atoms. The van der Waals surface area contributed by atoms with Gasteiger partial charge in [-0.2, -0.15) is 4.52 Å². The first-order valence-electron chi connectivity index (χ1n) is 10.0. The highest BCUT2D eigenvalue weighted by molar-refractivity contribution is 7.99. The number of aromatic nitrogens is 5. The zero-order valence-corrected chi connectivity index (χ0v) is 18.8. The van der Waals surface area contributed by atoms with E-state index in [1.807, 2.05) is 30.3 Å². The summed E-state index contributed by atoms with van der Waals surface area (Å²) in [6.07, 6.45) is 6.07. The van der Waals surface area contributed by atoms with Crippen molar-refractivity contribution in [2.75, 3.05) is 11.2 Å². The number of fused-ring (bicyclic) bond motifs is 2. The number of nitrogens with one attached hydrogen (secondary N) is 1. The number of benzene rings is 1. The van der Waals surface area contributed by atoms with E-state index in [2.05, 4.69) is 25.6 Å². The number of carbonyl (C=O) groups is 1. The quantitative estimate of drug-likeness (QED) is 0.402. The van der Waals surface area contributed by atoms with Crippen LogP contribution in [0.1, 0.15) is 32.1 Å². The smallest absolute Gasteiger partial charge is 0.241 e. The molecule has 1 saturated carbocycles. The van der Waals surface area contributed by atoms with Crippen LogP contribution in [-0.2, 0) is 4.79 Å². The van der Waals surface area contributed by atoms with Crippen molar-refractivity contribution >= 4 is 61.6 Å². The van der Waals surface area contributed by atoms with Crippen molar-refractivity contribution in [3.05, 3.63) is 30.3 Å². The van der Waals surface area contributed by atoms with Crippen LogP contribution < -0.4 is 10.1 Å². The molecule has 1 aliphatic carbocycles. The Balaban J connectivity index is 1.37. The fraction of sp³-hybridized carbons (Fsp3) is 0.350. The number of anilines is 1. The zero-order valence-electron chi connectivity index (χ0n) is 16.5. The predicted molar refractivity (Wildman–Crippen MR) is 121 cm³/mol. The Labute approximate surface area is 191 Å².